The molecule has 1 heteroatoms. The van der Waals surface area contributed by atoms with Crippen molar-refractivity contribution in [2.75, 3.05) is 0 Å². The van der Waals surface area contributed by atoms with E-state index in [1.54, 1.807) is 5.57 Å². The largest absolute Gasteiger partial charge is 0.299 e. The van der Waals surface area contributed by atoms with E-state index >= 15 is 0 Å². The third kappa shape index (κ3) is 4.03. The topological polar surface area (TPSA) is 17.1 Å². The van der Waals surface area contributed by atoms with Crippen LogP contribution in [0, 0.1) is 23.7 Å². The molecule has 0 bridgehead atoms. The van der Waals surface area contributed by atoms with Gasteiger partial charge in [0.1, 0.15) is 5.78 Å². The number of allylic oxidation sites excluding steroid dienone is 2. The second-order valence-corrected chi connectivity index (χ2v) is 8.20. The average molecular weight is 303 g/mol. The lowest BCUT2D eigenvalue weighted by molar-refractivity contribution is -0.118. The van der Waals surface area contributed by atoms with Gasteiger partial charge in [-0.1, -0.05) is 44.3 Å². The molecule has 0 aromatic rings. The average Bonchev–Trinajstić information content (AvgIpc) is 2.57. The predicted octanol–water partition coefficient (Wildman–Crippen LogP) is 6.08. The molecule has 0 aromatic heterocycles. The molecule has 0 aliphatic heterocycles. The molecule has 0 radical (unpaired) electrons. The summed E-state index contributed by atoms with van der Waals surface area (Å²) in [6, 6.07) is 0. The highest BCUT2D eigenvalue weighted by Crippen LogP contribution is 2.44. The summed E-state index contributed by atoms with van der Waals surface area (Å²) in [7, 11) is 0. The Bertz CT molecular complexity index is 392. The third-order valence-electron chi connectivity index (χ3n) is 6.84. The number of rotatable bonds is 4. The van der Waals surface area contributed by atoms with Crippen LogP contribution in [0.1, 0.15) is 90.4 Å². The first-order valence-electron chi connectivity index (χ1n) is 9.97. The van der Waals surface area contributed by atoms with Gasteiger partial charge in [0.2, 0.25) is 0 Å². The fraction of sp³-hybridized carbons (Fsp3) is 0.857. The Balaban J connectivity index is 1.43. The van der Waals surface area contributed by atoms with Crippen LogP contribution < -0.4 is 0 Å². The molecule has 0 heterocycles. The lowest BCUT2D eigenvalue weighted by atomic mass is 9.67. The molecule has 3 aliphatic rings. The van der Waals surface area contributed by atoms with Gasteiger partial charge in [-0.3, -0.25) is 4.79 Å². The second-order valence-electron chi connectivity index (χ2n) is 8.20. The zero-order chi connectivity index (χ0) is 15.4. The summed E-state index contributed by atoms with van der Waals surface area (Å²) in [5, 5.41) is 0. The number of carbonyl (C=O) groups excluding carboxylic acids is 1. The molecule has 124 valence electrons. The van der Waals surface area contributed by atoms with E-state index < -0.39 is 0 Å². The molecular weight excluding hydrogens is 268 g/mol. The SMILES string of the molecule is CCCC1CCC(C2CCC(C3=CCC(=O)CC3)CC2)CC1. The van der Waals surface area contributed by atoms with Gasteiger partial charge in [0.25, 0.3) is 0 Å². The second kappa shape index (κ2) is 7.79. The first kappa shape index (κ1) is 16.3. The van der Waals surface area contributed by atoms with E-state index in [4.69, 9.17) is 0 Å². The summed E-state index contributed by atoms with van der Waals surface area (Å²) in [6.07, 6.45) is 19.5. The summed E-state index contributed by atoms with van der Waals surface area (Å²) in [4.78, 5) is 11.4. The molecule has 0 amide bonds. The third-order valence-corrected chi connectivity index (χ3v) is 6.84. The quantitative estimate of drug-likeness (QED) is 0.575. The van der Waals surface area contributed by atoms with Gasteiger partial charge in [-0.15, -0.1) is 0 Å². The number of hydrogen-bond acceptors (Lipinski definition) is 1. The molecule has 0 N–H and O–H groups in total. The van der Waals surface area contributed by atoms with E-state index in [0.717, 1.165) is 42.9 Å². The Morgan fingerprint density at radius 3 is 2.09 bits per heavy atom. The molecule has 0 unspecified atom stereocenters. The van der Waals surface area contributed by atoms with Crippen molar-refractivity contribution in [1.29, 1.82) is 0 Å². The zero-order valence-corrected chi connectivity index (χ0v) is 14.5. The molecule has 0 atom stereocenters. The van der Waals surface area contributed by atoms with Gasteiger partial charge in [0.15, 0.2) is 0 Å². The molecule has 1 nitrogen and oxygen atoms in total. The Hall–Kier alpha value is -0.590. The van der Waals surface area contributed by atoms with Crippen molar-refractivity contribution in [2.45, 2.75) is 90.4 Å². The fourth-order valence-electron chi connectivity index (χ4n) is 5.42. The molecule has 0 aromatic carbocycles. The van der Waals surface area contributed by atoms with Gasteiger partial charge in [-0.25, -0.2) is 0 Å². The summed E-state index contributed by atoms with van der Waals surface area (Å²) in [6.45, 7) is 2.33. The minimum absolute atomic E-state index is 0.446. The summed E-state index contributed by atoms with van der Waals surface area (Å²) in [5.41, 5.74) is 1.63. The van der Waals surface area contributed by atoms with Crippen molar-refractivity contribution in [2.24, 2.45) is 23.7 Å². The Morgan fingerprint density at radius 2 is 1.55 bits per heavy atom. The number of Topliss-reactive ketones (excluding diaryl/α,β-unsaturated/α-hetero) is 1. The van der Waals surface area contributed by atoms with Crippen molar-refractivity contribution in [1.82, 2.24) is 0 Å². The van der Waals surface area contributed by atoms with Gasteiger partial charge < -0.3 is 0 Å². The zero-order valence-electron chi connectivity index (χ0n) is 14.5. The molecular formula is C21H34O. The highest BCUT2D eigenvalue weighted by atomic mass is 16.1. The number of carbonyl (C=O) groups is 1. The lowest BCUT2D eigenvalue weighted by Gasteiger charge is -2.38. The predicted molar refractivity (Wildman–Crippen MR) is 92.7 cm³/mol. The van der Waals surface area contributed by atoms with Crippen LogP contribution in [0.5, 0.6) is 0 Å². The van der Waals surface area contributed by atoms with E-state index in [9.17, 15) is 4.79 Å². The van der Waals surface area contributed by atoms with E-state index in [1.807, 2.05) is 0 Å². The number of hydrogen-bond donors (Lipinski definition) is 0. The van der Waals surface area contributed by atoms with Gasteiger partial charge >= 0.3 is 0 Å². The molecule has 0 saturated heterocycles. The van der Waals surface area contributed by atoms with Crippen LogP contribution in [-0.4, -0.2) is 5.78 Å². The monoisotopic (exact) mass is 302 g/mol. The van der Waals surface area contributed by atoms with Gasteiger partial charge in [0.05, 0.1) is 0 Å². The first-order chi connectivity index (χ1) is 10.8. The Labute approximate surface area is 136 Å². The highest BCUT2D eigenvalue weighted by Gasteiger charge is 2.31. The van der Waals surface area contributed by atoms with Crippen LogP contribution in [0.3, 0.4) is 0 Å². The van der Waals surface area contributed by atoms with Crippen LogP contribution in [0.4, 0.5) is 0 Å². The maximum Gasteiger partial charge on any atom is 0.136 e. The molecule has 22 heavy (non-hydrogen) atoms. The van der Waals surface area contributed by atoms with E-state index in [2.05, 4.69) is 13.0 Å². The van der Waals surface area contributed by atoms with E-state index in [0.29, 0.717) is 5.78 Å². The molecule has 0 spiro atoms. The van der Waals surface area contributed by atoms with Crippen molar-refractivity contribution >= 4 is 5.78 Å². The molecule has 2 fully saturated rings. The van der Waals surface area contributed by atoms with Gasteiger partial charge in [0, 0.05) is 12.8 Å². The van der Waals surface area contributed by atoms with Gasteiger partial charge in [-0.05, 0) is 68.6 Å². The van der Waals surface area contributed by atoms with Crippen LogP contribution in [0.25, 0.3) is 0 Å². The van der Waals surface area contributed by atoms with Crippen molar-refractivity contribution in [3.8, 4) is 0 Å². The van der Waals surface area contributed by atoms with Crippen LogP contribution in [-0.2, 0) is 4.79 Å². The lowest BCUT2D eigenvalue weighted by Crippen LogP contribution is -2.26. The maximum atomic E-state index is 11.4. The van der Waals surface area contributed by atoms with Crippen molar-refractivity contribution in [3.05, 3.63) is 11.6 Å². The van der Waals surface area contributed by atoms with E-state index in [-0.39, 0.29) is 0 Å². The van der Waals surface area contributed by atoms with Crippen LogP contribution in [0.15, 0.2) is 11.6 Å². The summed E-state index contributed by atoms with van der Waals surface area (Å²) < 4.78 is 0. The fourth-order valence-corrected chi connectivity index (χ4v) is 5.42. The number of ketones is 1. The summed E-state index contributed by atoms with van der Waals surface area (Å²) >= 11 is 0. The van der Waals surface area contributed by atoms with Crippen LogP contribution in [0.2, 0.25) is 0 Å². The van der Waals surface area contributed by atoms with E-state index in [1.165, 1.54) is 64.2 Å². The molecule has 2 saturated carbocycles. The minimum atomic E-state index is 0.446. The standard InChI is InChI=1S/C21H34O/c1-2-3-16-4-6-17(7-5-16)18-8-10-19(11-9-18)20-12-14-21(22)15-13-20/h12,16-19H,2-11,13-15H2,1H3. The Kier molecular flexibility index (Phi) is 5.77. The minimum Gasteiger partial charge on any atom is -0.299 e. The molecule has 3 rings (SSSR count). The van der Waals surface area contributed by atoms with Crippen LogP contribution >= 0.6 is 0 Å². The highest BCUT2D eigenvalue weighted by molar-refractivity contribution is 5.81. The van der Waals surface area contributed by atoms with Crippen molar-refractivity contribution in [3.63, 3.8) is 0 Å². The first-order valence-corrected chi connectivity index (χ1v) is 9.97. The molecule has 3 aliphatic carbocycles. The maximum absolute atomic E-state index is 11.4. The normalized spacial score (nSPS) is 37.0. The van der Waals surface area contributed by atoms with Crippen molar-refractivity contribution < 1.29 is 4.79 Å². The smallest absolute Gasteiger partial charge is 0.136 e. The van der Waals surface area contributed by atoms with Gasteiger partial charge in [-0.2, -0.15) is 0 Å². The Morgan fingerprint density at radius 1 is 0.909 bits per heavy atom. The summed E-state index contributed by atoms with van der Waals surface area (Å²) in [5.74, 6) is 4.37.